The molecule has 0 aliphatic rings. The minimum atomic E-state index is 0.377. The first-order valence-electron chi connectivity index (χ1n) is 5.46. The lowest BCUT2D eigenvalue weighted by molar-refractivity contribution is 0.382. The fraction of sp³-hybridized carbons (Fsp3) is 0.583. The number of alkyl halides is 1. The van der Waals surface area contributed by atoms with E-state index in [0.717, 1.165) is 12.1 Å². The van der Waals surface area contributed by atoms with Crippen LogP contribution in [0.5, 0.6) is 5.88 Å². The SMILES string of the molecule is COc1ncccc1CNC(C)C(C)CCl. The lowest BCUT2D eigenvalue weighted by atomic mass is 10.1. The van der Waals surface area contributed by atoms with Crippen LogP contribution in [0.4, 0.5) is 0 Å². The van der Waals surface area contributed by atoms with Gasteiger partial charge in [0.05, 0.1) is 7.11 Å². The first-order chi connectivity index (χ1) is 7.69. The summed E-state index contributed by atoms with van der Waals surface area (Å²) in [5.41, 5.74) is 1.07. The molecule has 3 nitrogen and oxygen atoms in total. The van der Waals surface area contributed by atoms with E-state index in [1.807, 2.05) is 12.1 Å². The van der Waals surface area contributed by atoms with E-state index >= 15 is 0 Å². The summed E-state index contributed by atoms with van der Waals surface area (Å²) in [6.45, 7) is 5.01. The van der Waals surface area contributed by atoms with Crippen LogP contribution in [0.15, 0.2) is 18.3 Å². The van der Waals surface area contributed by atoms with Gasteiger partial charge in [-0.05, 0) is 18.9 Å². The van der Waals surface area contributed by atoms with Crippen molar-refractivity contribution in [2.24, 2.45) is 5.92 Å². The molecule has 1 rings (SSSR count). The molecule has 0 fully saturated rings. The fourth-order valence-electron chi connectivity index (χ4n) is 1.35. The van der Waals surface area contributed by atoms with E-state index in [-0.39, 0.29) is 0 Å². The molecule has 2 unspecified atom stereocenters. The second-order valence-corrected chi connectivity index (χ2v) is 4.28. The lowest BCUT2D eigenvalue weighted by Gasteiger charge is -2.19. The molecule has 0 bridgehead atoms. The van der Waals surface area contributed by atoms with Gasteiger partial charge in [-0.25, -0.2) is 4.98 Å². The summed E-state index contributed by atoms with van der Waals surface area (Å²) in [5, 5.41) is 3.42. The van der Waals surface area contributed by atoms with Crippen molar-refractivity contribution in [2.45, 2.75) is 26.4 Å². The number of nitrogens with zero attached hydrogens (tertiary/aromatic N) is 1. The molecule has 1 heterocycles. The standard InChI is InChI=1S/C12H19ClN2O/c1-9(7-13)10(2)15-8-11-5-4-6-14-12(11)16-3/h4-6,9-10,15H,7-8H2,1-3H3. The average molecular weight is 243 g/mol. The highest BCUT2D eigenvalue weighted by Crippen LogP contribution is 2.14. The molecule has 1 aromatic heterocycles. The highest BCUT2D eigenvalue weighted by atomic mass is 35.5. The molecule has 0 aliphatic carbocycles. The number of hydrogen-bond acceptors (Lipinski definition) is 3. The third-order valence-corrected chi connectivity index (χ3v) is 3.24. The monoisotopic (exact) mass is 242 g/mol. The van der Waals surface area contributed by atoms with Crippen molar-refractivity contribution in [1.29, 1.82) is 0 Å². The van der Waals surface area contributed by atoms with Gasteiger partial charge in [0.25, 0.3) is 0 Å². The molecular weight excluding hydrogens is 224 g/mol. The van der Waals surface area contributed by atoms with Crippen molar-refractivity contribution < 1.29 is 4.74 Å². The van der Waals surface area contributed by atoms with Crippen molar-refractivity contribution in [2.75, 3.05) is 13.0 Å². The zero-order valence-corrected chi connectivity index (χ0v) is 10.8. The summed E-state index contributed by atoms with van der Waals surface area (Å²) in [5.74, 6) is 1.79. The summed E-state index contributed by atoms with van der Waals surface area (Å²) < 4.78 is 5.19. The largest absolute Gasteiger partial charge is 0.481 e. The quantitative estimate of drug-likeness (QED) is 0.779. The van der Waals surface area contributed by atoms with E-state index in [1.165, 1.54) is 0 Å². The Morgan fingerprint density at radius 2 is 2.25 bits per heavy atom. The average Bonchev–Trinajstić information content (AvgIpc) is 2.35. The minimum absolute atomic E-state index is 0.377. The molecule has 0 aromatic carbocycles. The van der Waals surface area contributed by atoms with Gasteiger partial charge >= 0.3 is 0 Å². The summed E-state index contributed by atoms with van der Waals surface area (Å²) in [6, 6.07) is 4.30. The van der Waals surface area contributed by atoms with Gasteiger partial charge in [-0.3, -0.25) is 0 Å². The lowest BCUT2D eigenvalue weighted by Crippen LogP contribution is -2.32. The van der Waals surface area contributed by atoms with E-state index in [2.05, 4.69) is 24.1 Å². The van der Waals surface area contributed by atoms with E-state index in [9.17, 15) is 0 Å². The van der Waals surface area contributed by atoms with Crippen molar-refractivity contribution in [1.82, 2.24) is 10.3 Å². The van der Waals surface area contributed by atoms with Crippen molar-refractivity contribution in [3.05, 3.63) is 23.9 Å². The van der Waals surface area contributed by atoms with Crippen LogP contribution in [-0.2, 0) is 6.54 Å². The Morgan fingerprint density at radius 3 is 2.88 bits per heavy atom. The van der Waals surface area contributed by atoms with E-state index < -0.39 is 0 Å². The van der Waals surface area contributed by atoms with E-state index in [1.54, 1.807) is 13.3 Å². The summed E-state index contributed by atoms with van der Waals surface area (Å²) in [4.78, 5) is 4.15. The first-order valence-corrected chi connectivity index (χ1v) is 5.99. The molecule has 90 valence electrons. The predicted molar refractivity (Wildman–Crippen MR) is 67.0 cm³/mol. The summed E-state index contributed by atoms with van der Waals surface area (Å²) in [6.07, 6.45) is 1.73. The van der Waals surface area contributed by atoms with Crippen molar-refractivity contribution in [3.63, 3.8) is 0 Å². The molecule has 2 atom stereocenters. The molecule has 0 saturated carbocycles. The van der Waals surface area contributed by atoms with Crippen LogP contribution in [-0.4, -0.2) is 24.0 Å². The van der Waals surface area contributed by atoms with Gasteiger partial charge < -0.3 is 10.1 Å². The number of methoxy groups -OCH3 is 1. The zero-order valence-electron chi connectivity index (χ0n) is 10.0. The highest BCUT2D eigenvalue weighted by Gasteiger charge is 2.11. The molecule has 0 spiro atoms. The number of nitrogens with one attached hydrogen (secondary N) is 1. The maximum atomic E-state index is 5.81. The van der Waals surface area contributed by atoms with Gasteiger partial charge in [0.15, 0.2) is 0 Å². The molecule has 1 aromatic rings. The molecule has 16 heavy (non-hydrogen) atoms. The number of pyridine rings is 1. The molecule has 0 amide bonds. The van der Waals surface area contributed by atoms with E-state index in [4.69, 9.17) is 16.3 Å². The second-order valence-electron chi connectivity index (χ2n) is 3.97. The van der Waals surface area contributed by atoms with Gasteiger partial charge in [0, 0.05) is 30.2 Å². The predicted octanol–water partition coefficient (Wildman–Crippen LogP) is 2.44. The Morgan fingerprint density at radius 1 is 1.50 bits per heavy atom. The first kappa shape index (κ1) is 13.3. The Hall–Kier alpha value is -0.800. The number of rotatable bonds is 6. The molecule has 4 heteroatoms. The maximum absolute atomic E-state index is 5.81. The summed E-state index contributed by atoms with van der Waals surface area (Å²) in [7, 11) is 1.64. The molecule has 1 N–H and O–H groups in total. The van der Waals surface area contributed by atoms with E-state index in [0.29, 0.717) is 23.7 Å². The van der Waals surface area contributed by atoms with Gasteiger partial charge in [0.1, 0.15) is 0 Å². The molecular formula is C12H19ClN2O. The van der Waals surface area contributed by atoms with Crippen LogP contribution in [0.1, 0.15) is 19.4 Å². The Labute approximate surface area is 102 Å². The van der Waals surface area contributed by atoms with Crippen molar-refractivity contribution in [3.8, 4) is 5.88 Å². The Kier molecular flexibility index (Phi) is 5.56. The number of ether oxygens (including phenoxy) is 1. The van der Waals surface area contributed by atoms with Crippen LogP contribution < -0.4 is 10.1 Å². The van der Waals surface area contributed by atoms with Crippen LogP contribution >= 0.6 is 11.6 Å². The Balaban J connectivity index is 2.54. The highest BCUT2D eigenvalue weighted by molar-refractivity contribution is 6.18. The van der Waals surface area contributed by atoms with Crippen LogP contribution in [0.25, 0.3) is 0 Å². The van der Waals surface area contributed by atoms with Crippen LogP contribution in [0.3, 0.4) is 0 Å². The van der Waals surface area contributed by atoms with Gasteiger partial charge in [-0.2, -0.15) is 0 Å². The van der Waals surface area contributed by atoms with Gasteiger partial charge in [-0.1, -0.05) is 13.0 Å². The fourth-order valence-corrected chi connectivity index (χ4v) is 1.62. The van der Waals surface area contributed by atoms with Crippen LogP contribution in [0, 0.1) is 5.92 Å². The van der Waals surface area contributed by atoms with Crippen molar-refractivity contribution >= 4 is 11.6 Å². The molecule has 0 radical (unpaired) electrons. The second kappa shape index (κ2) is 6.71. The summed E-state index contributed by atoms with van der Waals surface area (Å²) >= 11 is 5.81. The maximum Gasteiger partial charge on any atom is 0.217 e. The Bertz CT molecular complexity index is 320. The van der Waals surface area contributed by atoms with Crippen LogP contribution in [0.2, 0.25) is 0 Å². The normalized spacial score (nSPS) is 14.5. The minimum Gasteiger partial charge on any atom is -0.481 e. The molecule has 0 saturated heterocycles. The third kappa shape index (κ3) is 3.65. The number of hydrogen-bond donors (Lipinski definition) is 1. The van der Waals surface area contributed by atoms with Gasteiger partial charge in [0.2, 0.25) is 5.88 Å². The number of halogens is 1. The topological polar surface area (TPSA) is 34.1 Å². The third-order valence-electron chi connectivity index (χ3n) is 2.75. The zero-order chi connectivity index (χ0) is 12.0. The number of aromatic nitrogens is 1. The molecule has 0 aliphatic heterocycles. The smallest absolute Gasteiger partial charge is 0.217 e. The van der Waals surface area contributed by atoms with Gasteiger partial charge in [-0.15, -0.1) is 11.6 Å².